The van der Waals surface area contributed by atoms with Crippen molar-refractivity contribution in [1.29, 1.82) is 5.26 Å². The molecule has 1 aliphatic rings. The fraction of sp³-hybridized carbons (Fsp3) is 0.269. The van der Waals surface area contributed by atoms with Crippen molar-refractivity contribution in [2.75, 3.05) is 0 Å². The smallest absolute Gasteiger partial charge is 0.316 e. The van der Waals surface area contributed by atoms with Crippen LogP contribution < -0.4 is 5.56 Å². The van der Waals surface area contributed by atoms with Gasteiger partial charge in [0.05, 0.1) is 27.2 Å². The van der Waals surface area contributed by atoms with Crippen molar-refractivity contribution in [3.8, 4) is 11.8 Å². The van der Waals surface area contributed by atoms with Crippen LogP contribution in [0.15, 0.2) is 29.1 Å². The number of thiophene rings is 1. The van der Waals surface area contributed by atoms with Gasteiger partial charge in [-0.25, -0.2) is 4.98 Å². The Labute approximate surface area is 213 Å². The highest BCUT2D eigenvalue weighted by atomic mass is 35.5. The Hall–Kier alpha value is -3.35. The summed E-state index contributed by atoms with van der Waals surface area (Å²) in [5.74, 6) is 0.163. The van der Waals surface area contributed by atoms with Gasteiger partial charge in [0.25, 0.3) is 5.56 Å². The standard InChI is InChI=1S/C26H20ClF3N4OS/c1-13-9-15(14(2)34(13)20-11-17(26(28,29)30)7-8-19(20)27)10-16(12-31)23-32-24(35)22-18-5-3-4-6-21(18)36-25(22)33-23/h7-11H,3-6H2,1-2H3,(H,32,33,35)/b16-10-. The molecular formula is C26H20ClF3N4OS. The third kappa shape index (κ3) is 4.14. The Morgan fingerprint density at radius 3 is 2.72 bits per heavy atom. The molecule has 5 nitrogen and oxygen atoms in total. The normalized spacial score (nSPS) is 14.2. The van der Waals surface area contributed by atoms with Gasteiger partial charge in [-0.05, 0) is 81.0 Å². The van der Waals surface area contributed by atoms with E-state index in [1.54, 1.807) is 30.6 Å². The van der Waals surface area contributed by atoms with Gasteiger partial charge >= 0.3 is 6.18 Å². The summed E-state index contributed by atoms with van der Waals surface area (Å²) in [5.41, 5.74) is 2.16. The number of hydrogen-bond donors (Lipinski definition) is 1. The lowest BCUT2D eigenvalue weighted by molar-refractivity contribution is -0.137. The predicted octanol–water partition coefficient (Wildman–Crippen LogP) is 7.01. The monoisotopic (exact) mass is 528 g/mol. The van der Waals surface area contributed by atoms with Crippen LogP contribution in [0.3, 0.4) is 0 Å². The number of aromatic amines is 1. The van der Waals surface area contributed by atoms with Crippen LogP contribution in [0.2, 0.25) is 5.02 Å². The van der Waals surface area contributed by atoms with Crippen molar-refractivity contribution in [2.45, 2.75) is 45.7 Å². The second-order valence-corrected chi connectivity index (χ2v) is 10.3. The third-order valence-electron chi connectivity index (χ3n) is 6.49. The summed E-state index contributed by atoms with van der Waals surface area (Å²) in [7, 11) is 0. The van der Waals surface area contributed by atoms with Crippen molar-refractivity contribution < 1.29 is 13.2 Å². The summed E-state index contributed by atoms with van der Waals surface area (Å²) in [6.45, 7) is 3.48. The van der Waals surface area contributed by atoms with E-state index in [1.807, 2.05) is 0 Å². The molecule has 0 fully saturated rings. The molecule has 0 bridgehead atoms. The van der Waals surface area contributed by atoms with Crippen molar-refractivity contribution in [3.05, 3.63) is 78.4 Å². The Balaban J connectivity index is 1.61. The third-order valence-corrected chi connectivity index (χ3v) is 7.99. The molecule has 3 heterocycles. The fourth-order valence-electron chi connectivity index (χ4n) is 4.77. The molecule has 5 rings (SSSR count). The zero-order valence-electron chi connectivity index (χ0n) is 19.4. The fourth-order valence-corrected chi connectivity index (χ4v) is 6.23. The van der Waals surface area contributed by atoms with Crippen LogP contribution >= 0.6 is 22.9 Å². The van der Waals surface area contributed by atoms with Gasteiger partial charge in [0.15, 0.2) is 5.82 Å². The molecular weight excluding hydrogens is 509 g/mol. The molecule has 0 radical (unpaired) electrons. The number of benzene rings is 1. The van der Waals surface area contributed by atoms with Gasteiger partial charge in [-0.15, -0.1) is 11.3 Å². The molecule has 0 saturated carbocycles. The van der Waals surface area contributed by atoms with E-state index in [2.05, 4.69) is 16.0 Å². The van der Waals surface area contributed by atoms with Gasteiger partial charge in [-0.1, -0.05) is 11.6 Å². The summed E-state index contributed by atoms with van der Waals surface area (Å²) in [5, 5.41) is 10.7. The number of halogens is 4. The van der Waals surface area contributed by atoms with Crippen LogP contribution in [0.5, 0.6) is 0 Å². The van der Waals surface area contributed by atoms with Gasteiger partial charge in [0, 0.05) is 16.3 Å². The second kappa shape index (κ2) is 8.95. The zero-order valence-corrected chi connectivity index (χ0v) is 21.0. The van der Waals surface area contributed by atoms with Gasteiger partial charge in [-0.2, -0.15) is 18.4 Å². The summed E-state index contributed by atoms with van der Waals surface area (Å²) >= 11 is 7.77. The number of aromatic nitrogens is 3. The van der Waals surface area contributed by atoms with Crippen molar-refractivity contribution in [3.63, 3.8) is 0 Å². The number of allylic oxidation sites excluding steroid dienone is 1. The number of nitrogens with one attached hydrogen (secondary N) is 1. The Kier molecular flexibility index (Phi) is 6.05. The van der Waals surface area contributed by atoms with E-state index in [9.17, 15) is 23.2 Å². The van der Waals surface area contributed by atoms with Crippen molar-refractivity contribution in [2.24, 2.45) is 0 Å². The lowest BCUT2D eigenvalue weighted by Gasteiger charge is -2.15. The average Bonchev–Trinajstić information content (AvgIpc) is 3.33. The van der Waals surface area contributed by atoms with Gasteiger partial charge in [-0.3, -0.25) is 4.79 Å². The summed E-state index contributed by atoms with van der Waals surface area (Å²) < 4.78 is 41.6. The maximum absolute atomic E-state index is 13.3. The summed E-state index contributed by atoms with van der Waals surface area (Å²) in [4.78, 5) is 22.1. The first kappa shape index (κ1) is 24.3. The van der Waals surface area contributed by atoms with E-state index in [1.165, 1.54) is 22.3 Å². The first-order valence-corrected chi connectivity index (χ1v) is 12.5. The van der Waals surface area contributed by atoms with Crippen LogP contribution in [-0.2, 0) is 19.0 Å². The SMILES string of the molecule is Cc1cc(/C=C(/C#N)c2nc3sc4c(c3c(=O)[nH]2)CCCC4)c(C)n1-c1cc(C(F)(F)F)ccc1Cl. The topological polar surface area (TPSA) is 74.5 Å². The minimum absolute atomic E-state index is 0.149. The molecule has 4 aromatic rings. The molecule has 0 saturated heterocycles. The summed E-state index contributed by atoms with van der Waals surface area (Å²) in [6, 6.07) is 7.03. The second-order valence-electron chi connectivity index (χ2n) is 8.80. The summed E-state index contributed by atoms with van der Waals surface area (Å²) in [6.07, 6.45) is 0.967. The maximum Gasteiger partial charge on any atom is 0.416 e. The molecule has 0 unspecified atom stereocenters. The Morgan fingerprint density at radius 1 is 1.25 bits per heavy atom. The molecule has 10 heteroatoms. The quantitative estimate of drug-likeness (QED) is 0.291. The highest BCUT2D eigenvalue weighted by Gasteiger charge is 2.31. The van der Waals surface area contributed by atoms with E-state index in [0.29, 0.717) is 27.2 Å². The lowest BCUT2D eigenvalue weighted by atomic mass is 9.97. The minimum Gasteiger partial charge on any atom is -0.316 e. The Morgan fingerprint density at radius 2 is 2.00 bits per heavy atom. The van der Waals surface area contributed by atoms with E-state index >= 15 is 0 Å². The molecule has 1 aliphatic carbocycles. The number of rotatable bonds is 3. The zero-order chi connectivity index (χ0) is 25.8. The van der Waals surface area contributed by atoms with E-state index in [0.717, 1.165) is 43.4 Å². The number of nitriles is 1. The molecule has 1 N–H and O–H groups in total. The van der Waals surface area contributed by atoms with Crippen LogP contribution in [0.1, 0.15) is 51.6 Å². The van der Waals surface area contributed by atoms with E-state index in [-0.39, 0.29) is 27.7 Å². The maximum atomic E-state index is 13.3. The highest BCUT2D eigenvalue weighted by Crippen LogP contribution is 2.36. The van der Waals surface area contributed by atoms with Crippen LogP contribution in [0.4, 0.5) is 13.2 Å². The molecule has 0 amide bonds. The Bertz CT molecular complexity index is 1650. The van der Waals surface area contributed by atoms with Crippen molar-refractivity contribution >= 4 is 44.8 Å². The van der Waals surface area contributed by atoms with E-state index in [4.69, 9.17) is 11.6 Å². The molecule has 184 valence electrons. The lowest BCUT2D eigenvalue weighted by Crippen LogP contribution is -2.12. The number of hydrogen-bond acceptors (Lipinski definition) is 4. The van der Waals surface area contributed by atoms with Crippen LogP contribution in [0.25, 0.3) is 27.6 Å². The van der Waals surface area contributed by atoms with Gasteiger partial charge < -0.3 is 9.55 Å². The van der Waals surface area contributed by atoms with Crippen LogP contribution in [0, 0.1) is 25.2 Å². The number of H-pyrrole nitrogens is 1. The van der Waals surface area contributed by atoms with Crippen LogP contribution in [-0.4, -0.2) is 14.5 Å². The first-order chi connectivity index (χ1) is 17.1. The molecule has 0 atom stereocenters. The minimum atomic E-state index is -4.51. The molecule has 3 aromatic heterocycles. The predicted molar refractivity (Wildman–Crippen MR) is 136 cm³/mol. The van der Waals surface area contributed by atoms with Gasteiger partial charge in [0.1, 0.15) is 10.9 Å². The number of nitrogens with zero attached hydrogens (tertiary/aromatic N) is 3. The first-order valence-electron chi connectivity index (χ1n) is 11.3. The molecule has 0 aliphatic heterocycles. The molecule has 36 heavy (non-hydrogen) atoms. The van der Waals surface area contributed by atoms with Gasteiger partial charge in [0.2, 0.25) is 0 Å². The number of aryl methyl sites for hydroxylation is 3. The number of fused-ring (bicyclic) bond motifs is 3. The number of alkyl halides is 3. The highest BCUT2D eigenvalue weighted by molar-refractivity contribution is 7.18. The largest absolute Gasteiger partial charge is 0.416 e. The molecule has 0 spiro atoms. The average molecular weight is 529 g/mol. The van der Waals surface area contributed by atoms with Crippen molar-refractivity contribution in [1.82, 2.24) is 14.5 Å². The molecule has 1 aromatic carbocycles. The van der Waals surface area contributed by atoms with E-state index < -0.39 is 11.7 Å².